The van der Waals surface area contributed by atoms with Gasteiger partial charge in [0, 0.05) is 42.6 Å². The van der Waals surface area contributed by atoms with Crippen molar-refractivity contribution in [1.29, 1.82) is 0 Å². The Morgan fingerprint density at radius 1 is 0.929 bits per heavy atom. The first-order valence-corrected chi connectivity index (χ1v) is 14.8. The summed E-state index contributed by atoms with van der Waals surface area (Å²) in [6.07, 6.45) is 0.235. The second kappa shape index (κ2) is 11.3. The molecular formula is C32H31ClF3N5S. The van der Waals surface area contributed by atoms with E-state index in [-0.39, 0.29) is 6.04 Å². The highest BCUT2D eigenvalue weighted by Crippen LogP contribution is 2.44. The lowest BCUT2D eigenvalue weighted by Crippen LogP contribution is -2.38. The quantitative estimate of drug-likeness (QED) is 0.231. The highest BCUT2D eigenvalue weighted by Gasteiger charge is 2.42. The molecule has 4 heterocycles. The molecule has 42 heavy (non-hydrogen) atoms. The van der Waals surface area contributed by atoms with Crippen molar-refractivity contribution < 1.29 is 13.2 Å². The maximum Gasteiger partial charge on any atom is 0.416 e. The Balaban J connectivity index is 1.43. The molecule has 0 unspecified atom stereocenters. The van der Waals surface area contributed by atoms with Gasteiger partial charge in [-0.3, -0.25) is 4.98 Å². The normalized spacial score (nSPS) is 22.9. The van der Waals surface area contributed by atoms with Crippen molar-refractivity contribution in [3.05, 3.63) is 107 Å². The Hall–Kier alpha value is -3.56. The Kier molecular flexibility index (Phi) is 7.66. The summed E-state index contributed by atoms with van der Waals surface area (Å²) in [5.74, 6) is 1.15. The zero-order chi connectivity index (χ0) is 29.6. The van der Waals surface area contributed by atoms with Crippen LogP contribution in [-0.2, 0) is 6.18 Å². The number of nitrogens with zero attached hydrogens (tertiary/aromatic N) is 4. The van der Waals surface area contributed by atoms with Gasteiger partial charge in [0.2, 0.25) is 0 Å². The molecule has 0 amide bonds. The van der Waals surface area contributed by atoms with E-state index in [2.05, 4.69) is 29.0 Å². The van der Waals surface area contributed by atoms with Crippen LogP contribution in [0.5, 0.6) is 0 Å². The van der Waals surface area contributed by atoms with Crippen molar-refractivity contribution in [2.24, 2.45) is 11.8 Å². The fourth-order valence-corrected chi connectivity index (χ4v) is 7.04. The molecule has 2 aliphatic rings. The second-order valence-corrected chi connectivity index (χ2v) is 12.1. The molecule has 2 aromatic carbocycles. The van der Waals surface area contributed by atoms with Gasteiger partial charge in [0.25, 0.3) is 0 Å². The van der Waals surface area contributed by atoms with Crippen molar-refractivity contribution in [3.8, 4) is 5.69 Å². The standard InChI is InChI=1S/C32H31ClF3N5S/c1-20-15-21(2)19-39(18-20)27-12-11-24(17-25(27)33)41-30(29(38-31(41)42)26-9-3-4-13-37-26)28-10-6-14-40(28)23-8-5-7-22(16-23)32(34,35)36/h3-14,16-17,20-21,29-30H,15,18-19H2,1-2H3,(H,38,42)/t20-,21+,29-,30+/m0/s1. The van der Waals surface area contributed by atoms with Gasteiger partial charge >= 0.3 is 6.18 Å². The Labute approximate surface area is 253 Å². The van der Waals surface area contributed by atoms with Crippen molar-refractivity contribution in [1.82, 2.24) is 14.9 Å². The Bertz CT molecular complexity index is 1580. The first-order chi connectivity index (χ1) is 20.1. The first kappa shape index (κ1) is 28.6. The van der Waals surface area contributed by atoms with Gasteiger partial charge in [-0.15, -0.1) is 0 Å². The smallest absolute Gasteiger partial charge is 0.370 e. The number of rotatable bonds is 5. The van der Waals surface area contributed by atoms with Crippen LogP contribution in [0.4, 0.5) is 24.5 Å². The number of thiocarbonyl (C=S) groups is 1. The number of nitrogens with one attached hydrogen (secondary N) is 1. The predicted octanol–water partition coefficient (Wildman–Crippen LogP) is 8.20. The third kappa shape index (κ3) is 5.47. The molecule has 218 valence electrons. The molecule has 0 aliphatic carbocycles. The third-order valence-corrected chi connectivity index (χ3v) is 8.67. The molecule has 0 saturated carbocycles. The summed E-state index contributed by atoms with van der Waals surface area (Å²) in [4.78, 5) is 8.94. The van der Waals surface area contributed by atoms with Gasteiger partial charge in [0.15, 0.2) is 5.11 Å². The lowest BCUT2D eigenvalue weighted by atomic mass is 9.91. The number of aromatic nitrogens is 2. The van der Waals surface area contributed by atoms with Crippen molar-refractivity contribution in [3.63, 3.8) is 0 Å². The number of hydrogen-bond acceptors (Lipinski definition) is 3. The number of piperidine rings is 1. The van der Waals surface area contributed by atoms with E-state index in [0.29, 0.717) is 27.7 Å². The van der Waals surface area contributed by atoms with E-state index in [1.165, 1.54) is 12.5 Å². The molecule has 0 spiro atoms. The van der Waals surface area contributed by atoms with E-state index in [0.717, 1.165) is 48.0 Å². The molecule has 5 nitrogen and oxygen atoms in total. The maximum atomic E-state index is 13.6. The van der Waals surface area contributed by atoms with Gasteiger partial charge in [-0.05, 0) is 91.1 Å². The largest absolute Gasteiger partial charge is 0.416 e. The van der Waals surface area contributed by atoms with Crippen LogP contribution in [0, 0.1) is 11.8 Å². The molecule has 2 aromatic heterocycles. The fourth-order valence-electron chi connectivity index (χ4n) is 6.40. The van der Waals surface area contributed by atoms with Crippen LogP contribution in [0.3, 0.4) is 0 Å². The van der Waals surface area contributed by atoms with E-state index in [9.17, 15) is 13.2 Å². The third-order valence-electron chi connectivity index (χ3n) is 8.05. The average molecular weight is 610 g/mol. The number of hydrogen-bond donors (Lipinski definition) is 1. The van der Waals surface area contributed by atoms with Crippen molar-refractivity contribution >= 4 is 40.3 Å². The zero-order valence-electron chi connectivity index (χ0n) is 23.2. The Morgan fingerprint density at radius 3 is 2.40 bits per heavy atom. The van der Waals surface area contributed by atoms with Gasteiger partial charge in [-0.25, -0.2) is 0 Å². The number of benzene rings is 2. The minimum atomic E-state index is -4.45. The molecule has 2 aliphatic heterocycles. The minimum absolute atomic E-state index is 0.361. The molecule has 1 N–H and O–H groups in total. The summed E-state index contributed by atoms with van der Waals surface area (Å²) < 4.78 is 42.6. The van der Waals surface area contributed by atoms with Gasteiger partial charge < -0.3 is 19.7 Å². The molecule has 0 bridgehead atoms. The lowest BCUT2D eigenvalue weighted by Gasteiger charge is -2.37. The van der Waals surface area contributed by atoms with Gasteiger partial charge in [0.1, 0.15) is 6.04 Å². The van der Waals surface area contributed by atoms with E-state index < -0.39 is 17.8 Å². The van der Waals surface area contributed by atoms with Crippen LogP contribution in [-0.4, -0.2) is 27.8 Å². The fraction of sp³-hybridized carbons (Fsp3) is 0.312. The highest BCUT2D eigenvalue weighted by atomic mass is 35.5. The van der Waals surface area contributed by atoms with E-state index in [1.807, 2.05) is 53.4 Å². The Morgan fingerprint density at radius 2 is 1.71 bits per heavy atom. The first-order valence-electron chi connectivity index (χ1n) is 14.0. The van der Waals surface area contributed by atoms with Crippen LogP contribution in [0.2, 0.25) is 5.02 Å². The molecule has 4 aromatic rings. The lowest BCUT2D eigenvalue weighted by molar-refractivity contribution is -0.137. The maximum absolute atomic E-state index is 13.6. The van der Waals surface area contributed by atoms with Crippen LogP contribution < -0.4 is 15.1 Å². The molecule has 2 fully saturated rings. The molecular weight excluding hydrogens is 579 g/mol. The molecule has 0 radical (unpaired) electrons. The summed E-state index contributed by atoms with van der Waals surface area (Å²) in [5.41, 5.74) is 3.01. The number of halogens is 4. The zero-order valence-corrected chi connectivity index (χ0v) is 24.8. The van der Waals surface area contributed by atoms with Crippen molar-refractivity contribution in [2.75, 3.05) is 22.9 Å². The summed E-state index contributed by atoms with van der Waals surface area (Å²) in [6, 6.07) is 20.0. The predicted molar refractivity (Wildman–Crippen MR) is 165 cm³/mol. The van der Waals surface area contributed by atoms with E-state index in [4.69, 9.17) is 23.8 Å². The van der Waals surface area contributed by atoms with Crippen LogP contribution in [0.15, 0.2) is 85.2 Å². The van der Waals surface area contributed by atoms with Crippen molar-refractivity contribution in [2.45, 2.75) is 38.5 Å². The van der Waals surface area contributed by atoms with E-state index in [1.54, 1.807) is 23.0 Å². The van der Waals surface area contributed by atoms with Gasteiger partial charge in [-0.1, -0.05) is 37.6 Å². The number of anilines is 2. The van der Waals surface area contributed by atoms with Crippen LogP contribution in [0.1, 0.15) is 49.3 Å². The monoisotopic (exact) mass is 609 g/mol. The summed E-state index contributed by atoms with van der Waals surface area (Å²) in [7, 11) is 0. The van der Waals surface area contributed by atoms with Gasteiger partial charge in [-0.2, -0.15) is 13.2 Å². The SMILES string of the molecule is C[C@@H]1C[C@H](C)CN(c2ccc(N3C(=S)N[C@@H](c4ccccn4)[C@H]3c3cccn3-c3cccc(C(F)(F)F)c3)cc2Cl)C1. The summed E-state index contributed by atoms with van der Waals surface area (Å²) in [5, 5.41) is 4.54. The van der Waals surface area contributed by atoms with Crippen LogP contribution >= 0.6 is 23.8 Å². The summed E-state index contributed by atoms with van der Waals surface area (Å²) in [6.45, 7) is 6.42. The molecule has 2 saturated heterocycles. The highest BCUT2D eigenvalue weighted by molar-refractivity contribution is 7.80. The molecule has 10 heteroatoms. The van der Waals surface area contributed by atoms with E-state index >= 15 is 0 Å². The average Bonchev–Trinajstić information content (AvgIpc) is 3.57. The molecule has 6 rings (SSSR count). The topological polar surface area (TPSA) is 36.3 Å². The number of pyridine rings is 1. The second-order valence-electron chi connectivity index (χ2n) is 11.3. The van der Waals surface area contributed by atoms with Crippen LogP contribution in [0.25, 0.3) is 5.69 Å². The number of alkyl halides is 3. The van der Waals surface area contributed by atoms with Gasteiger partial charge in [0.05, 0.1) is 28.0 Å². The minimum Gasteiger partial charge on any atom is -0.370 e. The summed E-state index contributed by atoms with van der Waals surface area (Å²) >= 11 is 12.8. The molecule has 4 atom stereocenters.